The van der Waals surface area contributed by atoms with Crippen LogP contribution in [0.15, 0.2) is 36.5 Å². The molecule has 0 radical (unpaired) electrons. The molecule has 1 atom stereocenters. The Morgan fingerprint density at radius 2 is 2.05 bits per heavy atom. The van der Waals surface area contributed by atoms with E-state index in [-0.39, 0.29) is 12.1 Å². The number of aromatic nitrogens is 2. The van der Waals surface area contributed by atoms with Crippen LogP contribution in [0, 0.1) is 16.5 Å². The molecule has 0 fully saturated rings. The maximum absolute atomic E-state index is 10.7. The summed E-state index contributed by atoms with van der Waals surface area (Å²) in [5.74, 6) is 0.491. The molecule has 0 aliphatic heterocycles. The normalized spacial score (nSPS) is 11.7. The highest BCUT2D eigenvalue weighted by Crippen LogP contribution is 2.07. The first-order chi connectivity index (χ1) is 10.2. The maximum Gasteiger partial charge on any atom is 0.222 e. The highest BCUT2D eigenvalue weighted by molar-refractivity contribution is 5.33. The van der Waals surface area contributed by atoms with E-state index in [2.05, 4.69) is 15.3 Å². The molecule has 1 heterocycles. The smallest absolute Gasteiger partial charge is 0.222 e. The zero-order chi connectivity index (χ0) is 15.1. The zero-order valence-electron chi connectivity index (χ0n) is 11.3. The van der Waals surface area contributed by atoms with E-state index in [0.717, 1.165) is 12.0 Å². The number of hydrogen-bond donors (Lipinski definition) is 3. The van der Waals surface area contributed by atoms with Gasteiger partial charge < -0.3 is 10.5 Å². The topological polar surface area (TPSA) is 109 Å². The van der Waals surface area contributed by atoms with Gasteiger partial charge in [0.05, 0.1) is 18.2 Å². The summed E-state index contributed by atoms with van der Waals surface area (Å²) in [6.07, 6.45) is 2.60. The number of quaternary nitrogens is 1. The van der Waals surface area contributed by atoms with Crippen molar-refractivity contribution in [1.29, 1.82) is 5.26 Å². The fourth-order valence-electron chi connectivity index (χ4n) is 1.79. The summed E-state index contributed by atoms with van der Waals surface area (Å²) >= 11 is 0. The van der Waals surface area contributed by atoms with Crippen molar-refractivity contribution in [1.82, 2.24) is 9.97 Å². The van der Waals surface area contributed by atoms with E-state index in [1.54, 1.807) is 36.5 Å². The van der Waals surface area contributed by atoms with Crippen molar-refractivity contribution in [2.24, 2.45) is 0 Å². The second-order valence-electron chi connectivity index (χ2n) is 4.39. The number of anilines is 1. The van der Waals surface area contributed by atoms with Gasteiger partial charge in [-0.15, -0.1) is 0 Å². The van der Waals surface area contributed by atoms with Crippen molar-refractivity contribution in [2.45, 2.75) is 12.8 Å². The van der Waals surface area contributed by atoms with E-state index in [4.69, 9.17) is 10.5 Å². The fourth-order valence-corrected chi connectivity index (χ4v) is 1.79. The quantitative estimate of drug-likeness (QED) is 0.671. The molecule has 0 saturated heterocycles. The van der Waals surface area contributed by atoms with Gasteiger partial charge in [-0.05, 0) is 18.1 Å². The molecule has 2 rings (SSSR count). The summed E-state index contributed by atoms with van der Waals surface area (Å²) in [5, 5.41) is 30.3. The third-order valence-electron chi connectivity index (χ3n) is 2.87. The molecule has 0 aliphatic rings. The van der Waals surface area contributed by atoms with Gasteiger partial charge in [0.2, 0.25) is 5.95 Å². The lowest BCUT2D eigenvalue weighted by atomic mass is 10.1. The number of nitrogens with zero attached hydrogens (tertiary/aromatic N) is 3. The average molecular weight is 285 g/mol. The fraction of sp³-hybridized carbons (Fsp3) is 0.214. The second kappa shape index (κ2) is 7.31. The summed E-state index contributed by atoms with van der Waals surface area (Å²) in [5.41, 5.74) is 1.99. The zero-order valence-corrected chi connectivity index (χ0v) is 11.3. The van der Waals surface area contributed by atoms with Gasteiger partial charge in [0.25, 0.3) is 0 Å². The van der Waals surface area contributed by atoms with E-state index < -0.39 is 5.23 Å². The van der Waals surface area contributed by atoms with Crippen molar-refractivity contribution in [3.63, 3.8) is 0 Å². The lowest BCUT2D eigenvalue weighted by molar-refractivity contribution is -0.991. The van der Waals surface area contributed by atoms with Gasteiger partial charge in [0.1, 0.15) is 0 Å². The van der Waals surface area contributed by atoms with Crippen molar-refractivity contribution in [2.75, 3.05) is 11.9 Å². The Balaban J connectivity index is 1.86. The minimum atomic E-state index is -0.928. The third-order valence-corrected chi connectivity index (χ3v) is 2.87. The van der Waals surface area contributed by atoms with Crippen LogP contribution in [0.1, 0.15) is 11.3 Å². The summed E-state index contributed by atoms with van der Waals surface area (Å²) < 4.78 is 0. The minimum Gasteiger partial charge on any atom is -0.595 e. The molecule has 1 aromatic carbocycles. The van der Waals surface area contributed by atoms with Crippen LogP contribution >= 0.6 is 0 Å². The van der Waals surface area contributed by atoms with Gasteiger partial charge in [-0.3, -0.25) is 0 Å². The van der Waals surface area contributed by atoms with E-state index in [0.29, 0.717) is 18.2 Å². The molecule has 0 spiro atoms. The average Bonchev–Trinajstić information content (AvgIpc) is 2.48. The van der Waals surface area contributed by atoms with Crippen LogP contribution in [0.25, 0.3) is 0 Å². The molecule has 3 N–H and O–H groups in total. The lowest BCUT2D eigenvalue weighted by Crippen LogP contribution is -2.99. The molecule has 2 aromatic rings. The Hall–Kier alpha value is -2.53. The molecular weight excluding hydrogens is 270 g/mol. The molecule has 0 aliphatic carbocycles. The molecule has 1 aromatic heterocycles. The molecule has 1 unspecified atom stereocenters. The van der Waals surface area contributed by atoms with Crippen LogP contribution < -0.4 is 10.5 Å². The Morgan fingerprint density at radius 1 is 1.29 bits per heavy atom. The number of benzene rings is 1. The molecule has 0 bridgehead atoms. The Bertz CT molecular complexity index is 622. The largest absolute Gasteiger partial charge is 0.595 e. The van der Waals surface area contributed by atoms with Gasteiger partial charge in [-0.25, -0.2) is 15.2 Å². The number of nitrogens with one attached hydrogen (secondary N) is 2. The molecule has 21 heavy (non-hydrogen) atoms. The highest BCUT2D eigenvalue weighted by Gasteiger charge is 2.01. The summed E-state index contributed by atoms with van der Waals surface area (Å²) in [6.45, 7) is 0.627. The SMILES string of the molecule is N#CCc1ccnc(NCCc2ccc([NH+]([O-])O)cc2)n1. The van der Waals surface area contributed by atoms with E-state index >= 15 is 0 Å². The van der Waals surface area contributed by atoms with Crippen molar-refractivity contribution < 1.29 is 10.4 Å². The summed E-state index contributed by atoms with van der Waals surface area (Å²) in [6, 6.07) is 10.5. The van der Waals surface area contributed by atoms with Crippen LogP contribution in [0.5, 0.6) is 0 Å². The van der Waals surface area contributed by atoms with Crippen molar-refractivity contribution in [3.8, 4) is 6.07 Å². The van der Waals surface area contributed by atoms with Crippen LogP contribution in [0.2, 0.25) is 0 Å². The van der Waals surface area contributed by atoms with Crippen molar-refractivity contribution in [3.05, 3.63) is 53.0 Å². The van der Waals surface area contributed by atoms with Crippen LogP contribution in [0.3, 0.4) is 0 Å². The van der Waals surface area contributed by atoms with Gasteiger partial charge in [-0.1, -0.05) is 12.1 Å². The second-order valence-corrected chi connectivity index (χ2v) is 4.39. The number of nitriles is 1. The predicted octanol–water partition coefficient (Wildman–Crippen LogP) is 0.601. The van der Waals surface area contributed by atoms with Crippen LogP contribution in [-0.2, 0) is 12.8 Å². The first kappa shape index (κ1) is 14.9. The monoisotopic (exact) mass is 285 g/mol. The van der Waals surface area contributed by atoms with Gasteiger partial charge in [-0.2, -0.15) is 10.5 Å². The Morgan fingerprint density at radius 3 is 2.71 bits per heavy atom. The predicted molar refractivity (Wildman–Crippen MR) is 75.8 cm³/mol. The maximum atomic E-state index is 10.7. The molecule has 7 heteroatoms. The van der Waals surface area contributed by atoms with Crippen LogP contribution in [0.4, 0.5) is 11.6 Å². The molecule has 7 nitrogen and oxygen atoms in total. The molecule has 0 saturated carbocycles. The van der Waals surface area contributed by atoms with Crippen LogP contribution in [-0.4, -0.2) is 21.7 Å². The molecule has 0 amide bonds. The Labute approximate surface area is 122 Å². The van der Waals surface area contributed by atoms with E-state index in [1.165, 1.54) is 0 Å². The van der Waals surface area contributed by atoms with E-state index in [9.17, 15) is 5.21 Å². The summed E-state index contributed by atoms with van der Waals surface area (Å²) in [4.78, 5) is 8.29. The summed E-state index contributed by atoms with van der Waals surface area (Å²) in [7, 11) is 0. The minimum absolute atomic E-state index is 0.258. The lowest BCUT2D eigenvalue weighted by Gasteiger charge is -2.11. The van der Waals surface area contributed by atoms with Gasteiger partial charge in [0.15, 0.2) is 5.69 Å². The standard InChI is InChI=1S/C14H15N5O2/c15-8-5-12-7-10-17-14(18-12)16-9-6-11-1-3-13(4-2-11)19(20)21/h1-4,7,10,19-20H,5-6,9H2,(H,16,17,18). The number of rotatable bonds is 6. The van der Waals surface area contributed by atoms with E-state index in [1.807, 2.05) is 6.07 Å². The van der Waals surface area contributed by atoms with Gasteiger partial charge >= 0.3 is 0 Å². The van der Waals surface area contributed by atoms with Crippen molar-refractivity contribution >= 4 is 11.6 Å². The highest BCUT2D eigenvalue weighted by atomic mass is 16.8. The Kier molecular flexibility index (Phi) is 5.17. The third kappa shape index (κ3) is 4.50. The van der Waals surface area contributed by atoms with Gasteiger partial charge in [0, 0.05) is 24.9 Å². The first-order valence-corrected chi connectivity index (χ1v) is 6.44. The molecular formula is C14H15N5O2. The number of hydrogen-bond acceptors (Lipinski definition) is 6. The molecule has 108 valence electrons. The first-order valence-electron chi connectivity index (χ1n) is 6.44.